The number of nitrogens with two attached hydrogens (primary N) is 1. The zero-order chi connectivity index (χ0) is 13.4. The van der Waals surface area contributed by atoms with Crippen molar-refractivity contribution in [2.45, 2.75) is 32.6 Å². The lowest BCUT2D eigenvalue weighted by Crippen LogP contribution is -2.08. The second-order valence-electron chi connectivity index (χ2n) is 5.42. The molecule has 3 nitrogen and oxygen atoms in total. The Morgan fingerprint density at radius 3 is 2.84 bits per heavy atom. The molecule has 0 saturated heterocycles. The van der Waals surface area contributed by atoms with Gasteiger partial charge in [-0.3, -0.25) is 4.68 Å². The van der Waals surface area contributed by atoms with Crippen molar-refractivity contribution >= 4 is 0 Å². The zero-order valence-electron chi connectivity index (χ0n) is 11.7. The van der Waals surface area contributed by atoms with Gasteiger partial charge >= 0.3 is 0 Å². The molecule has 0 radical (unpaired) electrons. The largest absolute Gasteiger partial charge is 0.330 e. The van der Waals surface area contributed by atoms with Gasteiger partial charge in [0.15, 0.2) is 0 Å². The van der Waals surface area contributed by atoms with Gasteiger partial charge in [0.05, 0.1) is 5.69 Å². The minimum atomic E-state index is 0.671. The van der Waals surface area contributed by atoms with E-state index in [2.05, 4.69) is 30.2 Å². The molecule has 1 aliphatic rings. The third kappa shape index (κ3) is 2.08. The molecule has 0 saturated carbocycles. The minimum Gasteiger partial charge on any atom is -0.330 e. The van der Waals surface area contributed by atoms with Crippen LogP contribution in [0.3, 0.4) is 0 Å². The first kappa shape index (κ1) is 12.4. The summed E-state index contributed by atoms with van der Waals surface area (Å²) >= 11 is 0. The van der Waals surface area contributed by atoms with Crippen LogP contribution in [0.5, 0.6) is 0 Å². The summed E-state index contributed by atoms with van der Waals surface area (Å²) in [6, 6.07) is 6.81. The van der Waals surface area contributed by atoms with Crippen LogP contribution >= 0.6 is 0 Å². The molecular formula is C16H21N3. The van der Waals surface area contributed by atoms with Crippen molar-refractivity contribution < 1.29 is 0 Å². The molecule has 0 spiro atoms. The van der Waals surface area contributed by atoms with Crippen LogP contribution in [0.15, 0.2) is 18.2 Å². The molecule has 0 amide bonds. The highest BCUT2D eigenvalue weighted by molar-refractivity contribution is 5.65. The lowest BCUT2D eigenvalue weighted by Gasteiger charge is -2.04. The predicted molar refractivity (Wildman–Crippen MR) is 78.2 cm³/mol. The minimum absolute atomic E-state index is 0.671. The molecule has 0 atom stereocenters. The Balaban J connectivity index is 2.05. The summed E-state index contributed by atoms with van der Waals surface area (Å²) in [5.74, 6) is 0. The Bertz CT molecular complexity index is 611. The summed E-state index contributed by atoms with van der Waals surface area (Å²) in [5, 5.41) is 4.69. The van der Waals surface area contributed by atoms with Crippen LogP contribution in [0.1, 0.15) is 28.8 Å². The maximum atomic E-state index is 5.68. The van der Waals surface area contributed by atoms with Crippen LogP contribution in [0, 0.1) is 6.92 Å². The molecule has 0 aliphatic heterocycles. The van der Waals surface area contributed by atoms with E-state index in [0.29, 0.717) is 6.54 Å². The Morgan fingerprint density at radius 2 is 2.05 bits per heavy atom. The van der Waals surface area contributed by atoms with Crippen LogP contribution < -0.4 is 5.73 Å². The van der Waals surface area contributed by atoms with Gasteiger partial charge in [-0.25, -0.2) is 0 Å². The lowest BCUT2D eigenvalue weighted by atomic mass is 10.0. The SMILES string of the molecule is Cc1c(-c2ccc3c(c2)CCC3)nn(C)c1CCN. The van der Waals surface area contributed by atoms with E-state index in [4.69, 9.17) is 5.73 Å². The van der Waals surface area contributed by atoms with E-state index in [1.54, 1.807) is 0 Å². The summed E-state index contributed by atoms with van der Waals surface area (Å²) < 4.78 is 1.98. The monoisotopic (exact) mass is 255 g/mol. The molecule has 1 heterocycles. The maximum Gasteiger partial charge on any atom is 0.0955 e. The Labute approximate surface area is 114 Å². The van der Waals surface area contributed by atoms with E-state index in [1.165, 1.54) is 47.2 Å². The molecule has 3 rings (SSSR count). The highest BCUT2D eigenvalue weighted by atomic mass is 15.3. The topological polar surface area (TPSA) is 43.8 Å². The van der Waals surface area contributed by atoms with Crippen LogP contribution in [0.4, 0.5) is 0 Å². The molecule has 0 fully saturated rings. The van der Waals surface area contributed by atoms with E-state index in [0.717, 1.165) is 12.1 Å². The van der Waals surface area contributed by atoms with Gasteiger partial charge in [-0.05, 0) is 55.5 Å². The van der Waals surface area contributed by atoms with Gasteiger partial charge in [-0.2, -0.15) is 5.10 Å². The molecule has 2 aromatic rings. The molecule has 1 aliphatic carbocycles. The second kappa shape index (κ2) is 4.82. The summed E-state index contributed by atoms with van der Waals surface area (Å²) in [7, 11) is 2.01. The van der Waals surface area contributed by atoms with Crippen molar-refractivity contribution in [2.24, 2.45) is 12.8 Å². The summed E-state index contributed by atoms with van der Waals surface area (Å²) in [4.78, 5) is 0. The van der Waals surface area contributed by atoms with Crippen LogP contribution in [0.25, 0.3) is 11.3 Å². The molecule has 0 bridgehead atoms. The van der Waals surface area contributed by atoms with Gasteiger partial charge in [-0.1, -0.05) is 12.1 Å². The average Bonchev–Trinajstić information content (AvgIpc) is 2.97. The first-order valence-corrected chi connectivity index (χ1v) is 7.05. The molecule has 1 aromatic carbocycles. The normalized spacial score (nSPS) is 13.8. The van der Waals surface area contributed by atoms with Gasteiger partial charge < -0.3 is 5.73 Å². The van der Waals surface area contributed by atoms with Crippen LogP contribution in [-0.2, 0) is 26.3 Å². The molecule has 0 unspecified atom stereocenters. The Kier molecular flexibility index (Phi) is 3.15. The molecule has 100 valence electrons. The molecule has 19 heavy (non-hydrogen) atoms. The van der Waals surface area contributed by atoms with Crippen molar-refractivity contribution in [3.63, 3.8) is 0 Å². The van der Waals surface area contributed by atoms with Gasteiger partial charge in [0, 0.05) is 24.7 Å². The Hall–Kier alpha value is -1.61. The highest BCUT2D eigenvalue weighted by Gasteiger charge is 2.16. The van der Waals surface area contributed by atoms with E-state index in [-0.39, 0.29) is 0 Å². The number of aromatic nitrogens is 2. The smallest absolute Gasteiger partial charge is 0.0955 e. The fourth-order valence-corrected chi connectivity index (χ4v) is 3.14. The molecule has 1 aromatic heterocycles. The third-order valence-corrected chi connectivity index (χ3v) is 4.18. The number of hydrogen-bond donors (Lipinski definition) is 1. The maximum absolute atomic E-state index is 5.68. The fraction of sp³-hybridized carbons (Fsp3) is 0.438. The first-order valence-electron chi connectivity index (χ1n) is 7.05. The highest BCUT2D eigenvalue weighted by Crippen LogP contribution is 2.30. The van der Waals surface area contributed by atoms with Crippen molar-refractivity contribution in [1.82, 2.24) is 9.78 Å². The number of rotatable bonds is 3. The zero-order valence-corrected chi connectivity index (χ0v) is 11.7. The van der Waals surface area contributed by atoms with E-state index in [9.17, 15) is 0 Å². The number of benzene rings is 1. The van der Waals surface area contributed by atoms with Crippen molar-refractivity contribution in [3.05, 3.63) is 40.6 Å². The van der Waals surface area contributed by atoms with Crippen molar-refractivity contribution in [1.29, 1.82) is 0 Å². The van der Waals surface area contributed by atoms with E-state index < -0.39 is 0 Å². The van der Waals surface area contributed by atoms with E-state index in [1.807, 2.05) is 11.7 Å². The number of fused-ring (bicyclic) bond motifs is 1. The van der Waals surface area contributed by atoms with Gasteiger partial charge in [-0.15, -0.1) is 0 Å². The summed E-state index contributed by atoms with van der Waals surface area (Å²) in [5.41, 5.74) is 13.6. The predicted octanol–water partition coefficient (Wildman–Crippen LogP) is 2.39. The molecular weight excluding hydrogens is 234 g/mol. The van der Waals surface area contributed by atoms with Gasteiger partial charge in [0.1, 0.15) is 0 Å². The first-order chi connectivity index (χ1) is 9.20. The fourth-order valence-electron chi connectivity index (χ4n) is 3.14. The van der Waals surface area contributed by atoms with E-state index >= 15 is 0 Å². The molecule has 2 N–H and O–H groups in total. The van der Waals surface area contributed by atoms with Gasteiger partial charge in [0.2, 0.25) is 0 Å². The van der Waals surface area contributed by atoms with Crippen LogP contribution in [-0.4, -0.2) is 16.3 Å². The average molecular weight is 255 g/mol. The number of aryl methyl sites for hydroxylation is 3. The number of nitrogens with zero attached hydrogens (tertiary/aromatic N) is 2. The summed E-state index contributed by atoms with van der Waals surface area (Å²) in [6.45, 7) is 2.82. The van der Waals surface area contributed by atoms with Gasteiger partial charge in [0.25, 0.3) is 0 Å². The van der Waals surface area contributed by atoms with Crippen LogP contribution in [0.2, 0.25) is 0 Å². The number of hydrogen-bond acceptors (Lipinski definition) is 2. The van der Waals surface area contributed by atoms with Crippen molar-refractivity contribution in [3.8, 4) is 11.3 Å². The quantitative estimate of drug-likeness (QED) is 0.915. The second-order valence-corrected chi connectivity index (χ2v) is 5.42. The summed E-state index contributed by atoms with van der Waals surface area (Å²) in [6.07, 6.45) is 4.62. The Morgan fingerprint density at radius 1 is 1.26 bits per heavy atom. The molecule has 3 heteroatoms. The van der Waals surface area contributed by atoms with Crippen molar-refractivity contribution in [2.75, 3.05) is 6.54 Å². The lowest BCUT2D eigenvalue weighted by molar-refractivity contribution is 0.706. The standard InChI is InChI=1S/C16H21N3/c1-11-15(8-9-17)19(2)18-16(11)14-7-6-12-4-3-5-13(12)10-14/h6-7,10H,3-5,8-9,17H2,1-2H3. The third-order valence-electron chi connectivity index (χ3n) is 4.18.